The number of rotatable bonds is 1. The zero-order chi connectivity index (χ0) is 10.2. The van der Waals surface area contributed by atoms with Gasteiger partial charge in [0.15, 0.2) is 0 Å². The van der Waals surface area contributed by atoms with Gasteiger partial charge in [-0.2, -0.15) is 0 Å². The summed E-state index contributed by atoms with van der Waals surface area (Å²) < 4.78 is 11.0. The number of hydrogen-bond donors (Lipinski definition) is 3. The van der Waals surface area contributed by atoms with E-state index in [4.69, 9.17) is 9.79 Å². The van der Waals surface area contributed by atoms with Gasteiger partial charge in [-0.05, 0) is 17.5 Å². The van der Waals surface area contributed by atoms with Gasteiger partial charge in [0.2, 0.25) is 0 Å². The Morgan fingerprint density at radius 1 is 1.29 bits per heavy atom. The Bertz CT molecular complexity index is 387. The van der Waals surface area contributed by atoms with Crippen LogP contribution in [-0.2, 0) is 17.5 Å². The minimum Gasteiger partial charge on any atom is -0.323 e. The van der Waals surface area contributed by atoms with Crippen molar-refractivity contribution in [2.45, 2.75) is 18.7 Å². The lowest BCUT2D eigenvalue weighted by molar-refractivity contribution is 0.341. The predicted octanol–water partition coefficient (Wildman–Crippen LogP) is 0.836. The smallest absolute Gasteiger partial charge is 0.323 e. The molecule has 5 heteroatoms. The van der Waals surface area contributed by atoms with Gasteiger partial charge in [0.05, 0.1) is 0 Å². The molecule has 0 saturated heterocycles. The van der Waals surface area contributed by atoms with E-state index >= 15 is 0 Å². The van der Waals surface area contributed by atoms with Crippen molar-refractivity contribution < 1.29 is 14.4 Å². The fourth-order valence-corrected chi connectivity index (χ4v) is 2.44. The zero-order valence-corrected chi connectivity index (χ0v) is 8.45. The standard InChI is InChI=1S/C9H12NO3P/c11-14(12,13)9-5-7-3-1-2-4-8(7)6-10-9/h1-4,9-10H,5-6H2,(H2,11,12,13)/t9-/m0/s1. The molecule has 76 valence electrons. The van der Waals surface area contributed by atoms with Crippen molar-refractivity contribution in [2.75, 3.05) is 0 Å². The molecule has 0 fully saturated rings. The third-order valence-corrected chi connectivity index (χ3v) is 3.64. The topological polar surface area (TPSA) is 69.6 Å². The van der Waals surface area contributed by atoms with Crippen LogP contribution in [0.15, 0.2) is 24.3 Å². The van der Waals surface area contributed by atoms with E-state index in [-0.39, 0.29) is 0 Å². The average molecular weight is 213 g/mol. The lowest BCUT2D eigenvalue weighted by atomic mass is 10.0. The van der Waals surface area contributed by atoms with E-state index in [9.17, 15) is 4.57 Å². The maximum atomic E-state index is 11.0. The van der Waals surface area contributed by atoms with Gasteiger partial charge in [-0.3, -0.25) is 9.88 Å². The first-order valence-corrected chi connectivity index (χ1v) is 6.11. The Kier molecular flexibility index (Phi) is 2.45. The van der Waals surface area contributed by atoms with E-state index in [0.717, 1.165) is 11.1 Å². The quantitative estimate of drug-likeness (QED) is 0.604. The number of nitrogens with one attached hydrogen (secondary N) is 1. The van der Waals surface area contributed by atoms with Gasteiger partial charge in [0.25, 0.3) is 0 Å². The van der Waals surface area contributed by atoms with Gasteiger partial charge in [-0.1, -0.05) is 24.3 Å². The molecule has 4 nitrogen and oxygen atoms in total. The van der Waals surface area contributed by atoms with Crippen LogP contribution in [0, 0.1) is 0 Å². The molecule has 0 amide bonds. The number of fused-ring (bicyclic) bond motifs is 1. The molecule has 3 N–H and O–H groups in total. The van der Waals surface area contributed by atoms with Crippen LogP contribution < -0.4 is 5.32 Å². The van der Waals surface area contributed by atoms with Gasteiger partial charge in [-0.25, -0.2) is 0 Å². The van der Waals surface area contributed by atoms with E-state index in [1.165, 1.54) is 0 Å². The molecule has 0 spiro atoms. The first-order chi connectivity index (χ1) is 6.57. The van der Waals surface area contributed by atoms with Crippen molar-refractivity contribution in [3.05, 3.63) is 35.4 Å². The van der Waals surface area contributed by atoms with Crippen molar-refractivity contribution in [1.29, 1.82) is 0 Å². The summed E-state index contributed by atoms with van der Waals surface area (Å²) in [5.74, 6) is -0.725. The normalized spacial score (nSPS) is 21.7. The van der Waals surface area contributed by atoms with Crippen LogP contribution in [0.1, 0.15) is 11.1 Å². The minimum atomic E-state index is -4.01. The van der Waals surface area contributed by atoms with Gasteiger partial charge in [0.1, 0.15) is 5.78 Å². The van der Waals surface area contributed by atoms with Crippen molar-refractivity contribution in [2.24, 2.45) is 0 Å². The SMILES string of the molecule is O=P(O)(O)[C@H]1Cc2ccccc2CN1. The first-order valence-electron chi connectivity index (χ1n) is 4.43. The highest BCUT2D eigenvalue weighted by Gasteiger charge is 2.31. The second-order valence-electron chi connectivity index (χ2n) is 3.46. The van der Waals surface area contributed by atoms with E-state index in [2.05, 4.69) is 5.32 Å². The van der Waals surface area contributed by atoms with Gasteiger partial charge < -0.3 is 9.79 Å². The molecule has 1 heterocycles. The minimum absolute atomic E-state index is 0.403. The Morgan fingerprint density at radius 2 is 1.93 bits per heavy atom. The van der Waals surface area contributed by atoms with Gasteiger partial charge in [-0.15, -0.1) is 0 Å². The van der Waals surface area contributed by atoms with E-state index in [1.807, 2.05) is 24.3 Å². The largest absolute Gasteiger partial charge is 0.342 e. The lowest BCUT2D eigenvalue weighted by Crippen LogP contribution is -2.35. The van der Waals surface area contributed by atoms with Crippen LogP contribution in [-0.4, -0.2) is 15.6 Å². The second-order valence-corrected chi connectivity index (χ2v) is 5.26. The Labute approximate surface area is 82.1 Å². The molecule has 2 rings (SSSR count). The van der Waals surface area contributed by atoms with Crippen LogP contribution in [0.2, 0.25) is 0 Å². The van der Waals surface area contributed by atoms with Crippen molar-refractivity contribution in [1.82, 2.24) is 5.32 Å². The highest BCUT2D eigenvalue weighted by molar-refractivity contribution is 7.52. The average Bonchev–Trinajstić information content (AvgIpc) is 2.16. The van der Waals surface area contributed by atoms with Gasteiger partial charge >= 0.3 is 7.60 Å². The lowest BCUT2D eigenvalue weighted by Gasteiger charge is -2.26. The van der Waals surface area contributed by atoms with Crippen LogP contribution in [0.25, 0.3) is 0 Å². The molecule has 1 aromatic rings. The molecule has 1 atom stereocenters. The molecular weight excluding hydrogens is 201 g/mol. The predicted molar refractivity (Wildman–Crippen MR) is 52.8 cm³/mol. The third kappa shape index (κ3) is 1.88. The van der Waals surface area contributed by atoms with E-state index in [0.29, 0.717) is 13.0 Å². The van der Waals surface area contributed by atoms with Crippen molar-refractivity contribution in [3.8, 4) is 0 Å². The molecule has 0 bridgehead atoms. The van der Waals surface area contributed by atoms with Gasteiger partial charge in [0, 0.05) is 6.54 Å². The molecule has 0 saturated carbocycles. The number of benzene rings is 1. The van der Waals surface area contributed by atoms with E-state index in [1.54, 1.807) is 0 Å². The summed E-state index contributed by atoms with van der Waals surface area (Å²) in [5, 5.41) is 2.85. The summed E-state index contributed by atoms with van der Waals surface area (Å²) in [5.41, 5.74) is 2.15. The highest BCUT2D eigenvalue weighted by Crippen LogP contribution is 2.42. The van der Waals surface area contributed by atoms with Crippen molar-refractivity contribution >= 4 is 7.60 Å². The van der Waals surface area contributed by atoms with E-state index < -0.39 is 13.4 Å². The zero-order valence-electron chi connectivity index (χ0n) is 7.55. The molecule has 0 aliphatic carbocycles. The molecule has 0 aromatic heterocycles. The molecule has 14 heavy (non-hydrogen) atoms. The molecule has 1 aliphatic rings. The summed E-state index contributed by atoms with van der Waals surface area (Å²) in [4.78, 5) is 18.0. The Morgan fingerprint density at radius 3 is 2.57 bits per heavy atom. The molecule has 0 unspecified atom stereocenters. The molecule has 0 radical (unpaired) electrons. The molecule has 1 aromatic carbocycles. The van der Waals surface area contributed by atoms with Crippen LogP contribution in [0.5, 0.6) is 0 Å². The third-order valence-electron chi connectivity index (χ3n) is 2.47. The molecular formula is C9H12NO3P. The monoisotopic (exact) mass is 213 g/mol. The summed E-state index contributed by atoms with van der Waals surface area (Å²) in [6.07, 6.45) is 0.403. The molecule has 1 aliphatic heterocycles. The number of hydrogen-bond acceptors (Lipinski definition) is 2. The fraction of sp³-hybridized carbons (Fsp3) is 0.333. The maximum absolute atomic E-state index is 11.0. The summed E-state index contributed by atoms with van der Waals surface area (Å²) in [7, 11) is -4.01. The summed E-state index contributed by atoms with van der Waals surface area (Å²) >= 11 is 0. The fourth-order valence-electron chi connectivity index (χ4n) is 1.68. The second kappa shape index (κ2) is 3.48. The highest BCUT2D eigenvalue weighted by atomic mass is 31.2. The Balaban J connectivity index is 2.26. The van der Waals surface area contributed by atoms with Crippen molar-refractivity contribution in [3.63, 3.8) is 0 Å². The maximum Gasteiger partial charge on any atom is 0.342 e. The Hall–Kier alpha value is -0.670. The summed E-state index contributed by atoms with van der Waals surface area (Å²) in [6, 6.07) is 7.70. The van der Waals surface area contributed by atoms with Crippen LogP contribution in [0.4, 0.5) is 0 Å². The first kappa shape index (κ1) is 9.87. The van der Waals surface area contributed by atoms with Crippen LogP contribution in [0.3, 0.4) is 0 Å². The summed E-state index contributed by atoms with van der Waals surface area (Å²) in [6.45, 7) is 0.534. The van der Waals surface area contributed by atoms with Crippen LogP contribution >= 0.6 is 7.60 Å².